The first-order chi connectivity index (χ1) is 8.63. The minimum Gasteiger partial charge on any atom is -0.392 e. The zero-order chi connectivity index (χ0) is 13.4. The summed E-state index contributed by atoms with van der Waals surface area (Å²) in [5.74, 6) is 0.0346. The van der Waals surface area contributed by atoms with Gasteiger partial charge in [0.1, 0.15) is 0 Å². The number of rotatable bonds is 6. The molecule has 0 aromatic heterocycles. The first kappa shape index (κ1) is 15.4. The Hall–Kier alpha value is -0.610. The minimum absolute atomic E-state index is 0.0346. The maximum absolute atomic E-state index is 11.7. The number of hydrogen-bond donors (Lipinski definition) is 3. The molecule has 0 aromatic rings. The summed E-state index contributed by atoms with van der Waals surface area (Å²) in [6.45, 7) is 4.46. The number of aliphatic hydroxyl groups is 1. The second-order valence-corrected chi connectivity index (χ2v) is 5.45. The van der Waals surface area contributed by atoms with Crippen molar-refractivity contribution in [3.63, 3.8) is 0 Å². The highest BCUT2D eigenvalue weighted by atomic mass is 16.3. The Balaban J connectivity index is 2.23. The van der Waals surface area contributed by atoms with Gasteiger partial charge in [-0.25, -0.2) is 0 Å². The summed E-state index contributed by atoms with van der Waals surface area (Å²) in [4.78, 5) is 11.7. The molecule has 106 valence electrons. The van der Waals surface area contributed by atoms with Crippen LogP contribution in [0.15, 0.2) is 0 Å². The first-order valence-corrected chi connectivity index (χ1v) is 7.34. The van der Waals surface area contributed by atoms with Gasteiger partial charge in [0.05, 0.1) is 12.6 Å². The number of carbonyl (C=O) groups excluding carboxylic acids is 1. The van der Waals surface area contributed by atoms with Gasteiger partial charge in [0.25, 0.3) is 0 Å². The van der Waals surface area contributed by atoms with E-state index in [1.807, 2.05) is 6.92 Å². The molecule has 0 saturated heterocycles. The quantitative estimate of drug-likeness (QED) is 0.632. The minimum atomic E-state index is -0.298. The van der Waals surface area contributed by atoms with Crippen molar-refractivity contribution in [1.82, 2.24) is 10.6 Å². The predicted octanol–water partition coefficient (Wildman–Crippen LogP) is 1.57. The molecule has 3 unspecified atom stereocenters. The fourth-order valence-corrected chi connectivity index (χ4v) is 2.58. The van der Waals surface area contributed by atoms with E-state index in [-0.39, 0.29) is 24.1 Å². The highest BCUT2D eigenvalue weighted by molar-refractivity contribution is 5.78. The summed E-state index contributed by atoms with van der Waals surface area (Å²) in [5, 5.41) is 16.1. The fourth-order valence-electron chi connectivity index (χ4n) is 2.58. The fraction of sp³-hybridized carbons (Fsp3) is 0.929. The molecule has 0 bridgehead atoms. The topological polar surface area (TPSA) is 61.4 Å². The van der Waals surface area contributed by atoms with Crippen LogP contribution < -0.4 is 10.6 Å². The predicted molar refractivity (Wildman–Crippen MR) is 73.4 cm³/mol. The lowest BCUT2D eigenvalue weighted by Crippen LogP contribution is -2.46. The van der Waals surface area contributed by atoms with Crippen LogP contribution in [0.5, 0.6) is 0 Å². The van der Waals surface area contributed by atoms with Crippen molar-refractivity contribution in [2.45, 2.75) is 77.0 Å². The van der Waals surface area contributed by atoms with E-state index >= 15 is 0 Å². The number of carbonyl (C=O) groups is 1. The lowest BCUT2D eigenvalue weighted by Gasteiger charge is -2.22. The summed E-state index contributed by atoms with van der Waals surface area (Å²) in [6, 6.07) is 0.322. The zero-order valence-corrected chi connectivity index (χ0v) is 11.7. The Labute approximate surface area is 111 Å². The summed E-state index contributed by atoms with van der Waals surface area (Å²) in [7, 11) is 0. The number of amides is 1. The number of aliphatic hydroxyl groups excluding tert-OH is 1. The van der Waals surface area contributed by atoms with Crippen LogP contribution in [-0.2, 0) is 4.79 Å². The second-order valence-electron chi connectivity index (χ2n) is 5.45. The normalized spacial score (nSPS) is 26.4. The van der Waals surface area contributed by atoms with E-state index in [0.717, 1.165) is 38.5 Å². The number of hydrogen-bond acceptors (Lipinski definition) is 3. The summed E-state index contributed by atoms with van der Waals surface area (Å²) in [6.07, 6.45) is 7.04. The van der Waals surface area contributed by atoms with Crippen LogP contribution in [-0.4, -0.2) is 35.7 Å². The molecule has 4 heteroatoms. The summed E-state index contributed by atoms with van der Waals surface area (Å²) in [5.41, 5.74) is 0. The van der Waals surface area contributed by atoms with Crippen molar-refractivity contribution in [3.05, 3.63) is 0 Å². The van der Waals surface area contributed by atoms with Crippen molar-refractivity contribution < 1.29 is 9.90 Å². The largest absolute Gasteiger partial charge is 0.392 e. The van der Waals surface area contributed by atoms with Gasteiger partial charge < -0.3 is 15.7 Å². The van der Waals surface area contributed by atoms with Crippen LogP contribution in [0, 0.1) is 0 Å². The molecule has 3 atom stereocenters. The molecule has 1 aliphatic carbocycles. The molecule has 1 rings (SSSR count). The average Bonchev–Trinajstić information content (AvgIpc) is 2.51. The van der Waals surface area contributed by atoms with Crippen molar-refractivity contribution >= 4 is 5.91 Å². The summed E-state index contributed by atoms with van der Waals surface area (Å²) < 4.78 is 0. The van der Waals surface area contributed by atoms with E-state index < -0.39 is 0 Å². The van der Waals surface area contributed by atoms with Gasteiger partial charge in [-0.1, -0.05) is 32.6 Å². The maximum atomic E-state index is 11.7. The molecule has 0 spiro atoms. The van der Waals surface area contributed by atoms with E-state index in [9.17, 15) is 9.90 Å². The van der Waals surface area contributed by atoms with Gasteiger partial charge in [0, 0.05) is 12.1 Å². The highest BCUT2D eigenvalue weighted by Gasteiger charge is 2.21. The maximum Gasteiger partial charge on any atom is 0.234 e. The van der Waals surface area contributed by atoms with Crippen LogP contribution >= 0.6 is 0 Å². The number of nitrogens with one attached hydrogen (secondary N) is 2. The van der Waals surface area contributed by atoms with E-state index in [4.69, 9.17) is 0 Å². The van der Waals surface area contributed by atoms with Crippen molar-refractivity contribution in [3.8, 4) is 0 Å². The van der Waals surface area contributed by atoms with Gasteiger partial charge in [-0.3, -0.25) is 4.79 Å². The highest BCUT2D eigenvalue weighted by Crippen LogP contribution is 2.17. The third-order valence-corrected chi connectivity index (χ3v) is 3.63. The third kappa shape index (κ3) is 5.83. The Bertz CT molecular complexity index is 246. The van der Waals surface area contributed by atoms with Crippen molar-refractivity contribution in [1.29, 1.82) is 0 Å². The molecule has 1 aliphatic rings. The molecular formula is C14H28N2O2. The van der Waals surface area contributed by atoms with E-state index in [1.54, 1.807) is 0 Å². The lowest BCUT2D eigenvalue weighted by atomic mass is 10.1. The monoisotopic (exact) mass is 256 g/mol. The molecule has 0 aliphatic heterocycles. The average molecular weight is 256 g/mol. The van der Waals surface area contributed by atoms with Crippen molar-refractivity contribution in [2.24, 2.45) is 0 Å². The van der Waals surface area contributed by atoms with Crippen molar-refractivity contribution in [2.75, 3.05) is 6.54 Å². The van der Waals surface area contributed by atoms with Gasteiger partial charge >= 0.3 is 0 Å². The molecule has 0 radical (unpaired) electrons. The van der Waals surface area contributed by atoms with Gasteiger partial charge in [-0.05, 0) is 26.2 Å². The Morgan fingerprint density at radius 3 is 2.78 bits per heavy atom. The van der Waals surface area contributed by atoms with E-state index in [2.05, 4.69) is 17.6 Å². The van der Waals surface area contributed by atoms with Crippen LogP contribution in [0.25, 0.3) is 0 Å². The SMILES string of the molecule is CCCC(C)NC(=O)CNC1CCCCCC1O. The first-order valence-electron chi connectivity index (χ1n) is 7.34. The van der Waals surface area contributed by atoms with E-state index in [1.165, 1.54) is 6.42 Å². The Morgan fingerprint density at radius 2 is 2.06 bits per heavy atom. The third-order valence-electron chi connectivity index (χ3n) is 3.63. The Kier molecular flexibility index (Phi) is 7.28. The summed E-state index contributed by atoms with van der Waals surface area (Å²) >= 11 is 0. The molecule has 18 heavy (non-hydrogen) atoms. The standard InChI is InChI=1S/C14H28N2O2/c1-3-7-11(2)16-14(18)10-15-12-8-5-4-6-9-13(12)17/h11-13,15,17H,3-10H2,1-2H3,(H,16,18). The van der Waals surface area contributed by atoms with Gasteiger partial charge in [0.2, 0.25) is 5.91 Å². The van der Waals surface area contributed by atoms with E-state index in [0.29, 0.717) is 6.54 Å². The molecule has 1 amide bonds. The molecule has 1 saturated carbocycles. The van der Waals surface area contributed by atoms with Gasteiger partial charge in [0.15, 0.2) is 0 Å². The molecule has 4 nitrogen and oxygen atoms in total. The smallest absolute Gasteiger partial charge is 0.234 e. The Morgan fingerprint density at radius 1 is 1.33 bits per heavy atom. The lowest BCUT2D eigenvalue weighted by molar-refractivity contribution is -0.121. The van der Waals surface area contributed by atoms with Crippen LogP contribution in [0.2, 0.25) is 0 Å². The second kappa shape index (κ2) is 8.48. The molecule has 1 fully saturated rings. The molecular weight excluding hydrogens is 228 g/mol. The molecule has 3 N–H and O–H groups in total. The molecule has 0 aromatic carbocycles. The van der Waals surface area contributed by atoms with Gasteiger partial charge in [-0.15, -0.1) is 0 Å². The van der Waals surface area contributed by atoms with Crippen LogP contribution in [0.4, 0.5) is 0 Å². The molecule has 0 heterocycles. The van der Waals surface area contributed by atoms with Gasteiger partial charge in [-0.2, -0.15) is 0 Å². The van der Waals surface area contributed by atoms with Crippen LogP contribution in [0.3, 0.4) is 0 Å². The zero-order valence-electron chi connectivity index (χ0n) is 11.7. The van der Waals surface area contributed by atoms with Crippen LogP contribution in [0.1, 0.15) is 58.8 Å².